The molecule has 110 valence electrons. The van der Waals surface area contributed by atoms with Gasteiger partial charge in [0.2, 0.25) is 5.88 Å². The van der Waals surface area contributed by atoms with E-state index in [-0.39, 0.29) is 0 Å². The van der Waals surface area contributed by atoms with Gasteiger partial charge in [-0.1, -0.05) is 24.3 Å². The summed E-state index contributed by atoms with van der Waals surface area (Å²) in [6.07, 6.45) is 3.89. The summed E-state index contributed by atoms with van der Waals surface area (Å²) in [5.41, 5.74) is 1.08. The predicted octanol–water partition coefficient (Wildman–Crippen LogP) is 3.14. The van der Waals surface area contributed by atoms with Gasteiger partial charge in [-0.15, -0.1) is 0 Å². The van der Waals surface area contributed by atoms with Crippen molar-refractivity contribution in [1.29, 1.82) is 0 Å². The minimum absolute atomic E-state index is 0.517. The Labute approximate surface area is 125 Å². The van der Waals surface area contributed by atoms with E-state index in [1.54, 1.807) is 6.20 Å². The lowest BCUT2D eigenvalue weighted by atomic mass is 10.1. The summed E-state index contributed by atoms with van der Waals surface area (Å²) in [7, 11) is 0. The number of hydrogen-bond donors (Lipinski definition) is 1. The maximum absolute atomic E-state index is 5.87. The molecule has 1 fully saturated rings. The second-order valence-corrected chi connectivity index (χ2v) is 5.15. The molecular weight excluding hydrogens is 264 g/mol. The second-order valence-electron chi connectivity index (χ2n) is 5.15. The van der Waals surface area contributed by atoms with E-state index in [4.69, 9.17) is 9.47 Å². The summed E-state index contributed by atoms with van der Waals surface area (Å²) in [4.78, 5) is 4.35. The topological polar surface area (TPSA) is 43.4 Å². The van der Waals surface area contributed by atoms with Gasteiger partial charge < -0.3 is 14.8 Å². The Morgan fingerprint density at radius 2 is 1.90 bits per heavy atom. The number of para-hydroxylation sites is 1. The van der Waals surface area contributed by atoms with E-state index >= 15 is 0 Å². The van der Waals surface area contributed by atoms with Crippen LogP contribution in [0.15, 0.2) is 48.7 Å². The molecule has 0 amide bonds. The number of aromatic nitrogens is 1. The summed E-state index contributed by atoms with van der Waals surface area (Å²) in [6.45, 7) is 2.46. The van der Waals surface area contributed by atoms with Crippen LogP contribution in [-0.4, -0.2) is 24.2 Å². The van der Waals surface area contributed by atoms with Gasteiger partial charge in [0.1, 0.15) is 5.75 Å². The summed E-state index contributed by atoms with van der Waals surface area (Å²) >= 11 is 0. The number of nitrogens with zero attached hydrogens (tertiary/aromatic N) is 1. The highest BCUT2D eigenvalue weighted by atomic mass is 16.5. The monoisotopic (exact) mass is 284 g/mol. The SMILES string of the molecule is c1ccc(Oc2ncccc2CNC2CCOCC2)cc1. The van der Waals surface area contributed by atoms with E-state index < -0.39 is 0 Å². The minimum atomic E-state index is 0.517. The van der Waals surface area contributed by atoms with Crippen LogP contribution in [0.4, 0.5) is 0 Å². The van der Waals surface area contributed by atoms with E-state index in [0.29, 0.717) is 11.9 Å². The van der Waals surface area contributed by atoms with Crippen LogP contribution < -0.4 is 10.1 Å². The van der Waals surface area contributed by atoms with Gasteiger partial charge in [-0.2, -0.15) is 0 Å². The molecule has 1 aliphatic rings. The lowest BCUT2D eigenvalue weighted by Crippen LogP contribution is -2.34. The number of nitrogens with one attached hydrogen (secondary N) is 1. The molecule has 21 heavy (non-hydrogen) atoms. The molecule has 2 aromatic rings. The Morgan fingerprint density at radius 1 is 1.10 bits per heavy atom. The Balaban J connectivity index is 1.64. The van der Waals surface area contributed by atoms with Crippen LogP contribution in [0.3, 0.4) is 0 Å². The van der Waals surface area contributed by atoms with Gasteiger partial charge in [-0.25, -0.2) is 4.98 Å². The first-order valence-electron chi connectivity index (χ1n) is 7.40. The molecule has 0 saturated carbocycles. The van der Waals surface area contributed by atoms with Crippen LogP contribution in [0.2, 0.25) is 0 Å². The van der Waals surface area contributed by atoms with E-state index in [9.17, 15) is 0 Å². The van der Waals surface area contributed by atoms with Crippen molar-refractivity contribution < 1.29 is 9.47 Å². The van der Waals surface area contributed by atoms with Gasteiger partial charge in [0.15, 0.2) is 0 Å². The fourth-order valence-electron chi connectivity index (χ4n) is 2.41. The molecule has 0 aliphatic carbocycles. The zero-order valence-electron chi connectivity index (χ0n) is 12.0. The Kier molecular flexibility index (Phi) is 4.82. The summed E-state index contributed by atoms with van der Waals surface area (Å²) in [5, 5.41) is 3.56. The zero-order valence-corrected chi connectivity index (χ0v) is 12.0. The highest BCUT2D eigenvalue weighted by molar-refractivity contribution is 5.32. The molecule has 1 aliphatic heterocycles. The quantitative estimate of drug-likeness (QED) is 0.916. The van der Waals surface area contributed by atoms with Crippen molar-refractivity contribution >= 4 is 0 Å². The Bertz CT molecular complexity index is 554. The second kappa shape index (κ2) is 7.20. The minimum Gasteiger partial charge on any atom is -0.439 e. The molecule has 2 heterocycles. The largest absolute Gasteiger partial charge is 0.439 e. The highest BCUT2D eigenvalue weighted by Crippen LogP contribution is 2.22. The molecule has 1 N–H and O–H groups in total. The third-order valence-electron chi connectivity index (χ3n) is 3.61. The summed E-state index contributed by atoms with van der Waals surface area (Å²) in [6, 6.07) is 14.3. The van der Waals surface area contributed by atoms with Crippen molar-refractivity contribution in [2.24, 2.45) is 0 Å². The van der Waals surface area contributed by atoms with Gasteiger partial charge in [0.25, 0.3) is 0 Å². The van der Waals surface area contributed by atoms with Crippen LogP contribution in [-0.2, 0) is 11.3 Å². The van der Waals surface area contributed by atoms with E-state index in [1.807, 2.05) is 36.4 Å². The molecule has 0 radical (unpaired) electrons. The molecule has 3 rings (SSSR count). The Morgan fingerprint density at radius 3 is 2.71 bits per heavy atom. The number of hydrogen-bond acceptors (Lipinski definition) is 4. The maximum Gasteiger partial charge on any atom is 0.223 e. The van der Waals surface area contributed by atoms with Crippen molar-refractivity contribution in [3.05, 3.63) is 54.2 Å². The highest BCUT2D eigenvalue weighted by Gasteiger charge is 2.14. The summed E-state index contributed by atoms with van der Waals surface area (Å²) < 4.78 is 11.3. The number of ether oxygens (including phenoxy) is 2. The van der Waals surface area contributed by atoms with Gasteiger partial charge >= 0.3 is 0 Å². The Hall–Kier alpha value is -1.91. The van der Waals surface area contributed by atoms with Crippen LogP contribution in [0, 0.1) is 0 Å². The van der Waals surface area contributed by atoms with Crippen molar-refractivity contribution in [2.75, 3.05) is 13.2 Å². The average molecular weight is 284 g/mol. The van der Waals surface area contributed by atoms with E-state index in [1.165, 1.54) is 0 Å². The normalized spacial score (nSPS) is 15.8. The molecule has 1 aromatic heterocycles. The third-order valence-corrected chi connectivity index (χ3v) is 3.61. The molecule has 1 saturated heterocycles. The average Bonchev–Trinajstić information content (AvgIpc) is 2.56. The number of rotatable bonds is 5. The zero-order chi connectivity index (χ0) is 14.3. The molecule has 0 atom stereocenters. The fraction of sp³-hybridized carbons (Fsp3) is 0.353. The van der Waals surface area contributed by atoms with Crippen molar-refractivity contribution in [3.8, 4) is 11.6 Å². The third kappa shape index (κ3) is 4.03. The first-order valence-corrected chi connectivity index (χ1v) is 7.40. The molecule has 4 heteroatoms. The van der Waals surface area contributed by atoms with E-state index in [0.717, 1.165) is 43.9 Å². The predicted molar refractivity (Wildman–Crippen MR) is 81.4 cm³/mol. The van der Waals surface area contributed by atoms with Crippen LogP contribution in [0.5, 0.6) is 11.6 Å². The van der Waals surface area contributed by atoms with Crippen LogP contribution in [0.1, 0.15) is 18.4 Å². The molecule has 0 unspecified atom stereocenters. The standard InChI is InChI=1S/C17H20N2O2/c1-2-6-16(7-3-1)21-17-14(5-4-10-18-17)13-19-15-8-11-20-12-9-15/h1-7,10,15,19H,8-9,11-13H2. The van der Waals surface area contributed by atoms with Gasteiger partial charge in [-0.3, -0.25) is 0 Å². The molecular formula is C17H20N2O2. The smallest absolute Gasteiger partial charge is 0.223 e. The lowest BCUT2D eigenvalue weighted by molar-refractivity contribution is 0.0775. The number of pyridine rings is 1. The van der Waals surface area contributed by atoms with Gasteiger partial charge in [-0.05, 0) is 31.0 Å². The van der Waals surface area contributed by atoms with Gasteiger partial charge in [0.05, 0.1) is 0 Å². The van der Waals surface area contributed by atoms with Crippen LogP contribution >= 0.6 is 0 Å². The maximum atomic E-state index is 5.87. The van der Waals surface area contributed by atoms with E-state index in [2.05, 4.69) is 16.4 Å². The molecule has 1 aromatic carbocycles. The van der Waals surface area contributed by atoms with Crippen molar-refractivity contribution in [3.63, 3.8) is 0 Å². The summed E-state index contributed by atoms with van der Waals surface area (Å²) in [5.74, 6) is 1.48. The van der Waals surface area contributed by atoms with Gasteiger partial charge in [0, 0.05) is 37.6 Å². The molecule has 0 spiro atoms. The number of benzene rings is 1. The first-order chi connectivity index (χ1) is 10.4. The first kappa shape index (κ1) is 14.0. The van der Waals surface area contributed by atoms with Crippen molar-refractivity contribution in [1.82, 2.24) is 10.3 Å². The fourth-order valence-corrected chi connectivity index (χ4v) is 2.41. The molecule has 0 bridgehead atoms. The van der Waals surface area contributed by atoms with Crippen LogP contribution in [0.25, 0.3) is 0 Å². The molecule has 4 nitrogen and oxygen atoms in total. The van der Waals surface area contributed by atoms with Crippen molar-refractivity contribution in [2.45, 2.75) is 25.4 Å². The lowest BCUT2D eigenvalue weighted by Gasteiger charge is -2.23.